The molecule has 0 amide bonds. The van der Waals surface area contributed by atoms with Crippen LogP contribution in [0.1, 0.15) is 19.8 Å². The van der Waals surface area contributed by atoms with Crippen molar-refractivity contribution in [2.45, 2.75) is 30.7 Å². The maximum atomic E-state index is 12.2. The standard InChI is InChI=1S/C12H17N3O4S/c1-9(12(16)17)14-11-5-4-10(8-13-11)20(18,19)15-6-2-3-7-15/h4-5,8-9H,2-3,6-7H2,1H3,(H,13,14)(H,16,17)/t9-/m0/s1. The highest BCUT2D eigenvalue weighted by atomic mass is 32.2. The minimum absolute atomic E-state index is 0.132. The zero-order valence-corrected chi connectivity index (χ0v) is 11.9. The summed E-state index contributed by atoms with van der Waals surface area (Å²) in [6, 6.07) is 2.13. The Morgan fingerprint density at radius 2 is 2.05 bits per heavy atom. The summed E-state index contributed by atoms with van der Waals surface area (Å²) >= 11 is 0. The Labute approximate surface area is 117 Å². The van der Waals surface area contributed by atoms with E-state index < -0.39 is 22.0 Å². The molecule has 2 heterocycles. The van der Waals surface area contributed by atoms with E-state index in [0.29, 0.717) is 18.9 Å². The van der Waals surface area contributed by atoms with Gasteiger partial charge in [0.05, 0.1) is 0 Å². The molecule has 2 N–H and O–H groups in total. The van der Waals surface area contributed by atoms with Gasteiger partial charge in [-0.3, -0.25) is 4.79 Å². The number of carboxylic acid groups (broad SMARTS) is 1. The molecule has 0 aromatic carbocycles. The number of nitrogens with zero attached hydrogens (tertiary/aromatic N) is 2. The summed E-state index contributed by atoms with van der Waals surface area (Å²) in [5.74, 6) is -0.666. The first-order chi connectivity index (χ1) is 9.41. The third-order valence-electron chi connectivity index (χ3n) is 3.17. The minimum atomic E-state index is -3.47. The first-order valence-corrected chi connectivity index (χ1v) is 7.81. The number of anilines is 1. The third kappa shape index (κ3) is 3.07. The topological polar surface area (TPSA) is 99.6 Å². The van der Waals surface area contributed by atoms with Crippen LogP contribution < -0.4 is 5.32 Å². The van der Waals surface area contributed by atoms with E-state index >= 15 is 0 Å². The number of hydrogen-bond acceptors (Lipinski definition) is 5. The summed E-state index contributed by atoms with van der Waals surface area (Å²) in [7, 11) is -3.47. The van der Waals surface area contributed by atoms with Gasteiger partial charge in [-0.05, 0) is 31.9 Å². The quantitative estimate of drug-likeness (QED) is 0.832. The molecule has 0 radical (unpaired) electrons. The fraction of sp³-hybridized carbons (Fsp3) is 0.500. The predicted octanol–water partition coefficient (Wildman–Crippen LogP) is 0.751. The Kier molecular flexibility index (Phi) is 4.24. The number of aromatic nitrogens is 1. The fourth-order valence-electron chi connectivity index (χ4n) is 1.98. The molecule has 0 spiro atoms. The van der Waals surface area contributed by atoms with Gasteiger partial charge in [0.15, 0.2) is 0 Å². The Morgan fingerprint density at radius 1 is 1.40 bits per heavy atom. The Balaban J connectivity index is 2.13. The van der Waals surface area contributed by atoms with E-state index in [2.05, 4.69) is 10.3 Å². The van der Waals surface area contributed by atoms with E-state index in [-0.39, 0.29) is 4.90 Å². The smallest absolute Gasteiger partial charge is 0.325 e. The van der Waals surface area contributed by atoms with Crippen LogP contribution >= 0.6 is 0 Å². The second-order valence-corrected chi connectivity index (χ2v) is 6.63. The van der Waals surface area contributed by atoms with Crippen molar-refractivity contribution in [3.63, 3.8) is 0 Å². The first kappa shape index (κ1) is 14.7. The van der Waals surface area contributed by atoms with Crippen LogP contribution in [-0.4, -0.2) is 47.9 Å². The van der Waals surface area contributed by atoms with Gasteiger partial charge in [-0.25, -0.2) is 13.4 Å². The van der Waals surface area contributed by atoms with Gasteiger partial charge in [-0.2, -0.15) is 4.31 Å². The number of aliphatic carboxylic acids is 1. The Bertz CT molecular complexity index is 579. The molecule has 1 fully saturated rings. The minimum Gasteiger partial charge on any atom is -0.480 e. The van der Waals surface area contributed by atoms with Gasteiger partial charge in [-0.15, -0.1) is 0 Å². The van der Waals surface area contributed by atoms with Crippen LogP contribution in [0.5, 0.6) is 0 Å². The summed E-state index contributed by atoms with van der Waals surface area (Å²) < 4.78 is 25.9. The SMILES string of the molecule is C[C@H](Nc1ccc(S(=O)(=O)N2CCCC2)cn1)C(=O)O. The highest BCUT2D eigenvalue weighted by molar-refractivity contribution is 7.89. The maximum Gasteiger partial charge on any atom is 0.325 e. The van der Waals surface area contributed by atoms with Gasteiger partial charge < -0.3 is 10.4 Å². The molecule has 0 aliphatic carbocycles. The van der Waals surface area contributed by atoms with E-state index in [0.717, 1.165) is 12.8 Å². The molecular formula is C12H17N3O4S. The van der Waals surface area contributed by atoms with Crippen molar-refractivity contribution >= 4 is 21.8 Å². The van der Waals surface area contributed by atoms with E-state index in [4.69, 9.17) is 5.11 Å². The van der Waals surface area contributed by atoms with Gasteiger partial charge in [0.1, 0.15) is 16.8 Å². The van der Waals surface area contributed by atoms with Crippen LogP contribution in [0.3, 0.4) is 0 Å². The molecule has 0 bridgehead atoms. The van der Waals surface area contributed by atoms with Gasteiger partial charge in [-0.1, -0.05) is 0 Å². The molecule has 1 saturated heterocycles. The van der Waals surface area contributed by atoms with Crippen molar-refractivity contribution < 1.29 is 18.3 Å². The van der Waals surface area contributed by atoms with Crippen LogP contribution in [0.15, 0.2) is 23.2 Å². The number of nitrogens with one attached hydrogen (secondary N) is 1. The van der Waals surface area contributed by atoms with E-state index in [9.17, 15) is 13.2 Å². The average Bonchev–Trinajstić information content (AvgIpc) is 2.93. The summed E-state index contributed by atoms with van der Waals surface area (Å²) in [5.41, 5.74) is 0. The largest absolute Gasteiger partial charge is 0.480 e. The lowest BCUT2D eigenvalue weighted by Crippen LogP contribution is -2.28. The molecule has 7 nitrogen and oxygen atoms in total. The van der Waals surface area contributed by atoms with Crippen LogP contribution in [-0.2, 0) is 14.8 Å². The number of pyridine rings is 1. The Morgan fingerprint density at radius 3 is 2.55 bits per heavy atom. The van der Waals surface area contributed by atoms with Gasteiger partial charge >= 0.3 is 5.97 Å². The van der Waals surface area contributed by atoms with Crippen molar-refractivity contribution in [1.29, 1.82) is 0 Å². The number of rotatable bonds is 5. The number of sulfonamides is 1. The summed E-state index contributed by atoms with van der Waals surface area (Å²) in [6.07, 6.45) is 3.01. The van der Waals surface area contributed by atoms with Crippen molar-refractivity contribution in [2.75, 3.05) is 18.4 Å². The maximum absolute atomic E-state index is 12.2. The summed E-state index contributed by atoms with van der Waals surface area (Å²) in [5, 5.41) is 11.4. The molecule has 8 heteroatoms. The lowest BCUT2D eigenvalue weighted by Gasteiger charge is -2.15. The molecule has 1 aliphatic rings. The molecule has 2 rings (SSSR count). The zero-order valence-electron chi connectivity index (χ0n) is 11.1. The van der Waals surface area contributed by atoms with E-state index in [1.54, 1.807) is 0 Å². The molecule has 0 unspecified atom stereocenters. The van der Waals surface area contributed by atoms with Gasteiger partial charge in [0, 0.05) is 19.3 Å². The van der Waals surface area contributed by atoms with Crippen LogP contribution in [0, 0.1) is 0 Å². The Hall–Kier alpha value is -1.67. The molecule has 0 saturated carbocycles. The lowest BCUT2D eigenvalue weighted by molar-refractivity contribution is -0.137. The third-order valence-corrected chi connectivity index (χ3v) is 5.06. The highest BCUT2D eigenvalue weighted by Gasteiger charge is 2.27. The fourth-order valence-corrected chi connectivity index (χ4v) is 3.44. The van der Waals surface area contributed by atoms with E-state index in [1.807, 2.05) is 0 Å². The van der Waals surface area contributed by atoms with E-state index in [1.165, 1.54) is 29.6 Å². The lowest BCUT2D eigenvalue weighted by atomic mass is 10.3. The van der Waals surface area contributed by atoms with Crippen LogP contribution in [0.2, 0.25) is 0 Å². The zero-order chi connectivity index (χ0) is 14.8. The normalized spacial score (nSPS) is 17.9. The predicted molar refractivity (Wildman–Crippen MR) is 73.0 cm³/mol. The molecular weight excluding hydrogens is 282 g/mol. The number of hydrogen-bond donors (Lipinski definition) is 2. The van der Waals surface area contributed by atoms with Crippen molar-refractivity contribution in [1.82, 2.24) is 9.29 Å². The van der Waals surface area contributed by atoms with Gasteiger partial charge in [0.25, 0.3) is 0 Å². The first-order valence-electron chi connectivity index (χ1n) is 6.37. The molecule has 1 aliphatic heterocycles. The van der Waals surface area contributed by atoms with Crippen molar-refractivity contribution in [3.8, 4) is 0 Å². The van der Waals surface area contributed by atoms with Crippen LogP contribution in [0.4, 0.5) is 5.82 Å². The second-order valence-electron chi connectivity index (χ2n) is 4.69. The van der Waals surface area contributed by atoms with Crippen LogP contribution in [0.25, 0.3) is 0 Å². The molecule has 1 atom stereocenters. The average molecular weight is 299 g/mol. The monoisotopic (exact) mass is 299 g/mol. The van der Waals surface area contributed by atoms with Crippen molar-refractivity contribution in [2.24, 2.45) is 0 Å². The molecule has 1 aromatic heterocycles. The molecule has 20 heavy (non-hydrogen) atoms. The second kappa shape index (κ2) is 5.76. The van der Waals surface area contributed by atoms with Crippen molar-refractivity contribution in [3.05, 3.63) is 18.3 Å². The molecule has 1 aromatic rings. The summed E-state index contributed by atoms with van der Waals surface area (Å²) in [4.78, 5) is 14.8. The highest BCUT2D eigenvalue weighted by Crippen LogP contribution is 2.20. The number of carboxylic acids is 1. The van der Waals surface area contributed by atoms with Gasteiger partial charge in [0.2, 0.25) is 10.0 Å². The number of carbonyl (C=O) groups is 1. The summed E-state index contributed by atoms with van der Waals surface area (Å²) in [6.45, 7) is 2.57. The molecule has 110 valence electrons.